The highest BCUT2D eigenvalue weighted by Gasteiger charge is 2.29. The van der Waals surface area contributed by atoms with Crippen LogP contribution >= 0.6 is 0 Å². The maximum Gasteiger partial charge on any atom is 0.263 e. The van der Waals surface area contributed by atoms with Crippen LogP contribution in [-0.2, 0) is 14.8 Å². The van der Waals surface area contributed by atoms with Gasteiger partial charge in [0.05, 0.1) is 25.3 Å². The van der Waals surface area contributed by atoms with E-state index in [1.807, 2.05) is 48.5 Å². The number of nitrogens with zero attached hydrogens (tertiary/aromatic N) is 2. The molecule has 0 unspecified atom stereocenters. The number of nitrogens with one attached hydrogen (secondary N) is 1. The predicted molar refractivity (Wildman–Crippen MR) is 137 cm³/mol. The average molecular weight is 476 g/mol. The molecule has 0 aromatic heterocycles. The molecule has 0 aliphatic heterocycles. The van der Waals surface area contributed by atoms with E-state index in [4.69, 9.17) is 4.74 Å². The SMILES string of the molecule is COc1ccc(N([C@@H](C)C(=O)N/N=C\c2c3ccccc3cc3ccccc23)S(C)(=O)=O)cc1. The first kappa shape index (κ1) is 23.3. The van der Waals surface area contributed by atoms with Crippen molar-refractivity contribution in [1.82, 2.24) is 5.43 Å². The van der Waals surface area contributed by atoms with Crippen LogP contribution in [0, 0.1) is 0 Å². The second kappa shape index (κ2) is 9.52. The van der Waals surface area contributed by atoms with Crippen molar-refractivity contribution in [3.63, 3.8) is 0 Å². The zero-order valence-corrected chi connectivity index (χ0v) is 19.9. The monoisotopic (exact) mass is 475 g/mol. The summed E-state index contributed by atoms with van der Waals surface area (Å²) in [5.41, 5.74) is 3.73. The third-order valence-corrected chi connectivity index (χ3v) is 6.84. The lowest BCUT2D eigenvalue weighted by atomic mass is 9.97. The number of ether oxygens (including phenoxy) is 1. The van der Waals surface area contributed by atoms with Crippen LogP contribution in [-0.4, -0.2) is 39.9 Å². The van der Waals surface area contributed by atoms with E-state index in [0.717, 1.165) is 37.7 Å². The zero-order valence-electron chi connectivity index (χ0n) is 19.1. The summed E-state index contributed by atoms with van der Waals surface area (Å²) in [5.74, 6) is 0.0308. The van der Waals surface area contributed by atoms with Gasteiger partial charge in [-0.2, -0.15) is 5.10 Å². The number of methoxy groups -OCH3 is 1. The Morgan fingerprint density at radius 1 is 0.971 bits per heavy atom. The minimum Gasteiger partial charge on any atom is -0.497 e. The fraction of sp³-hybridized carbons (Fsp3) is 0.154. The van der Waals surface area contributed by atoms with E-state index in [2.05, 4.69) is 16.6 Å². The first-order chi connectivity index (χ1) is 16.3. The Kier molecular flexibility index (Phi) is 6.51. The number of fused-ring (bicyclic) bond motifs is 2. The van der Waals surface area contributed by atoms with E-state index >= 15 is 0 Å². The van der Waals surface area contributed by atoms with Gasteiger partial charge in [0.15, 0.2) is 0 Å². The number of benzene rings is 4. The first-order valence-electron chi connectivity index (χ1n) is 10.7. The molecule has 0 heterocycles. The largest absolute Gasteiger partial charge is 0.497 e. The number of hydrogen-bond donors (Lipinski definition) is 1. The predicted octanol–water partition coefficient (Wildman–Crippen LogP) is 4.31. The molecule has 1 N–H and O–H groups in total. The van der Waals surface area contributed by atoms with E-state index in [-0.39, 0.29) is 0 Å². The molecule has 7 nitrogen and oxygen atoms in total. The van der Waals surface area contributed by atoms with E-state index in [0.29, 0.717) is 11.4 Å². The van der Waals surface area contributed by atoms with Gasteiger partial charge in [0, 0.05) is 5.56 Å². The van der Waals surface area contributed by atoms with Crippen LogP contribution < -0.4 is 14.5 Å². The van der Waals surface area contributed by atoms with Crippen LogP contribution in [0.2, 0.25) is 0 Å². The van der Waals surface area contributed by atoms with Gasteiger partial charge in [-0.05, 0) is 58.8 Å². The lowest BCUT2D eigenvalue weighted by Crippen LogP contribution is -2.46. The fourth-order valence-corrected chi connectivity index (χ4v) is 5.15. The normalized spacial score (nSPS) is 12.7. The van der Waals surface area contributed by atoms with E-state index in [9.17, 15) is 13.2 Å². The second-order valence-electron chi connectivity index (χ2n) is 7.90. The Hall–Kier alpha value is -3.91. The van der Waals surface area contributed by atoms with Gasteiger partial charge in [0.2, 0.25) is 10.0 Å². The summed E-state index contributed by atoms with van der Waals surface area (Å²) in [6, 6.07) is 23.5. The quantitative estimate of drug-likeness (QED) is 0.245. The molecule has 0 bridgehead atoms. The Labute approximate surface area is 198 Å². The van der Waals surface area contributed by atoms with Crippen molar-refractivity contribution in [2.45, 2.75) is 13.0 Å². The van der Waals surface area contributed by atoms with E-state index in [1.54, 1.807) is 30.5 Å². The summed E-state index contributed by atoms with van der Waals surface area (Å²) in [6.07, 6.45) is 2.67. The maximum atomic E-state index is 12.9. The van der Waals surface area contributed by atoms with Crippen LogP contribution in [0.5, 0.6) is 5.75 Å². The molecule has 4 aromatic rings. The third kappa shape index (κ3) is 4.72. The number of sulfonamides is 1. The van der Waals surface area contributed by atoms with Crippen LogP contribution in [0.15, 0.2) is 84.0 Å². The summed E-state index contributed by atoms with van der Waals surface area (Å²) in [7, 11) is -2.21. The Morgan fingerprint density at radius 3 is 2.06 bits per heavy atom. The summed E-state index contributed by atoms with van der Waals surface area (Å²) in [6.45, 7) is 1.52. The first-order valence-corrected chi connectivity index (χ1v) is 12.5. The Balaban J connectivity index is 1.62. The van der Waals surface area contributed by atoms with Crippen molar-refractivity contribution in [3.05, 3.63) is 84.4 Å². The fourth-order valence-electron chi connectivity index (χ4n) is 3.98. The minimum absolute atomic E-state index is 0.356. The molecule has 8 heteroatoms. The number of hydrogen-bond acceptors (Lipinski definition) is 5. The minimum atomic E-state index is -3.74. The van der Waals surface area contributed by atoms with Crippen molar-refractivity contribution in [2.24, 2.45) is 5.10 Å². The average Bonchev–Trinajstić information content (AvgIpc) is 2.83. The molecule has 4 rings (SSSR count). The van der Waals surface area contributed by atoms with Crippen molar-refractivity contribution in [3.8, 4) is 5.75 Å². The van der Waals surface area contributed by atoms with Crippen LogP contribution in [0.4, 0.5) is 5.69 Å². The molecular formula is C26H25N3O4S. The lowest BCUT2D eigenvalue weighted by molar-refractivity contribution is -0.121. The third-order valence-electron chi connectivity index (χ3n) is 5.60. The molecule has 4 aromatic carbocycles. The smallest absolute Gasteiger partial charge is 0.263 e. The molecule has 0 saturated heterocycles. The number of anilines is 1. The van der Waals surface area contributed by atoms with Gasteiger partial charge in [-0.25, -0.2) is 13.8 Å². The summed E-state index contributed by atoms with van der Waals surface area (Å²) in [4.78, 5) is 12.9. The van der Waals surface area contributed by atoms with Gasteiger partial charge in [-0.3, -0.25) is 9.10 Å². The van der Waals surface area contributed by atoms with E-state index < -0.39 is 22.0 Å². The molecule has 0 aliphatic carbocycles. The maximum absolute atomic E-state index is 12.9. The van der Waals surface area contributed by atoms with Crippen molar-refractivity contribution < 1.29 is 17.9 Å². The van der Waals surface area contributed by atoms with Gasteiger partial charge in [0.25, 0.3) is 5.91 Å². The van der Waals surface area contributed by atoms with Gasteiger partial charge >= 0.3 is 0 Å². The highest BCUT2D eigenvalue weighted by Crippen LogP contribution is 2.27. The van der Waals surface area contributed by atoms with Crippen LogP contribution in [0.25, 0.3) is 21.5 Å². The lowest BCUT2D eigenvalue weighted by Gasteiger charge is -2.27. The number of hydrazone groups is 1. The second-order valence-corrected chi connectivity index (χ2v) is 9.76. The molecule has 0 radical (unpaired) electrons. The number of rotatable bonds is 7. The molecule has 0 spiro atoms. The summed E-state index contributed by atoms with van der Waals surface area (Å²) in [5, 5.41) is 8.31. The van der Waals surface area contributed by atoms with Crippen LogP contribution in [0.3, 0.4) is 0 Å². The summed E-state index contributed by atoms with van der Waals surface area (Å²) < 4.78 is 31.2. The molecule has 0 saturated carbocycles. The zero-order chi connectivity index (χ0) is 24.3. The molecule has 174 valence electrons. The molecule has 0 fully saturated rings. The van der Waals surface area contributed by atoms with Crippen molar-refractivity contribution in [1.29, 1.82) is 0 Å². The Bertz CT molecular complexity index is 1430. The highest BCUT2D eigenvalue weighted by atomic mass is 32.2. The molecule has 34 heavy (non-hydrogen) atoms. The molecule has 1 amide bonds. The molecule has 1 atom stereocenters. The van der Waals surface area contributed by atoms with Gasteiger partial charge in [-0.15, -0.1) is 0 Å². The molecular weight excluding hydrogens is 450 g/mol. The summed E-state index contributed by atoms with van der Waals surface area (Å²) >= 11 is 0. The van der Waals surface area contributed by atoms with Gasteiger partial charge in [0.1, 0.15) is 11.8 Å². The van der Waals surface area contributed by atoms with Crippen molar-refractivity contribution in [2.75, 3.05) is 17.7 Å². The molecule has 0 aliphatic rings. The number of carbonyl (C=O) groups is 1. The Morgan fingerprint density at radius 2 is 1.53 bits per heavy atom. The van der Waals surface area contributed by atoms with Gasteiger partial charge < -0.3 is 4.74 Å². The number of amides is 1. The van der Waals surface area contributed by atoms with Crippen LogP contribution in [0.1, 0.15) is 12.5 Å². The standard InChI is InChI=1S/C26H25N3O4S/c1-18(29(34(3,31)32)21-12-14-22(33-2)15-13-21)26(30)28-27-17-25-23-10-6-4-8-19(23)16-20-9-5-7-11-24(20)25/h4-18H,1-3H3,(H,28,30)/b27-17-/t18-/m0/s1. The van der Waals surface area contributed by atoms with Crippen molar-refractivity contribution >= 4 is 49.4 Å². The highest BCUT2D eigenvalue weighted by molar-refractivity contribution is 7.92. The number of carbonyl (C=O) groups excluding carboxylic acids is 1. The topological polar surface area (TPSA) is 88.1 Å². The van der Waals surface area contributed by atoms with E-state index in [1.165, 1.54) is 14.0 Å². The van der Waals surface area contributed by atoms with Gasteiger partial charge in [-0.1, -0.05) is 48.5 Å².